The van der Waals surface area contributed by atoms with Gasteiger partial charge in [0.1, 0.15) is 18.1 Å². The van der Waals surface area contributed by atoms with E-state index in [1.54, 1.807) is 7.05 Å². The maximum atomic E-state index is 13.7. The second-order valence-electron chi connectivity index (χ2n) is 10.8. The van der Waals surface area contributed by atoms with Gasteiger partial charge in [0.2, 0.25) is 11.8 Å². The van der Waals surface area contributed by atoms with Crippen LogP contribution in [0.3, 0.4) is 0 Å². The van der Waals surface area contributed by atoms with Crippen molar-refractivity contribution in [1.82, 2.24) is 20.9 Å². The van der Waals surface area contributed by atoms with Gasteiger partial charge in [0.15, 0.2) is 0 Å². The second kappa shape index (κ2) is 17.8. The van der Waals surface area contributed by atoms with E-state index in [9.17, 15) is 24.3 Å². The number of urea groups is 1. The Hall–Kier alpha value is -3.96. The van der Waals surface area contributed by atoms with Crippen molar-refractivity contribution in [2.24, 2.45) is 17.4 Å². The van der Waals surface area contributed by atoms with Gasteiger partial charge >= 0.3 is 12.0 Å². The molecule has 0 fully saturated rings. The van der Waals surface area contributed by atoms with Crippen LogP contribution in [-0.2, 0) is 20.8 Å². The molecule has 0 heterocycles. The summed E-state index contributed by atoms with van der Waals surface area (Å²) in [4.78, 5) is 53.5. The van der Waals surface area contributed by atoms with Gasteiger partial charge in [-0.05, 0) is 49.3 Å². The standard InChI is InChI=1S/C31H46N6O5/c1-21(2)18-25(28(38)34-24(30(40)41)16-10-11-17-32)35-29(39)26(19-22-12-6-4-7-13-22)36-31(42)37(3)27(20-33)23-14-8-5-9-15-23/h4-9,12-15,21,24-27H,10-11,16-20,32-33H2,1-3H3,(H,34,38)(H,35,39)(H,36,42)(H,40,41)/t24-,25-,26-,27?/m1/s1. The Morgan fingerprint density at radius 1 is 0.810 bits per heavy atom. The summed E-state index contributed by atoms with van der Waals surface area (Å²) >= 11 is 0. The molecule has 230 valence electrons. The summed E-state index contributed by atoms with van der Waals surface area (Å²) in [5.74, 6) is -2.28. The number of benzene rings is 2. The van der Waals surface area contributed by atoms with Crippen LogP contribution >= 0.6 is 0 Å². The molecule has 4 atom stereocenters. The number of rotatable bonds is 17. The summed E-state index contributed by atoms with van der Waals surface area (Å²) in [5.41, 5.74) is 13.2. The molecule has 0 aliphatic carbocycles. The number of carbonyl (C=O) groups excluding carboxylic acids is 3. The lowest BCUT2D eigenvalue weighted by Crippen LogP contribution is -2.57. The zero-order chi connectivity index (χ0) is 31.1. The van der Waals surface area contributed by atoms with Crippen LogP contribution < -0.4 is 27.4 Å². The summed E-state index contributed by atoms with van der Waals surface area (Å²) in [6.07, 6.45) is 1.86. The highest BCUT2D eigenvalue weighted by Gasteiger charge is 2.31. The molecule has 0 radical (unpaired) electrons. The molecule has 2 aromatic carbocycles. The maximum absolute atomic E-state index is 13.7. The van der Waals surface area contributed by atoms with Crippen LogP contribution in [0, 0.1) is 5.92 Å². The average Bonchev–Trinajstić information content (AvgIpc) is 2.97. The minimum atomic E-state index is -1.15. The Bertz CT molecular complexity index is 1130. The minimum Gasteiger partial charge on any atom is -0.480 e. The zero-order valence-electron chi connectivity index (χ0n) is 24.8. The highest BCUT2D eigenvalue weighted by Crippen LogP contribution is 2.18. The number of carboxylic acids is 1. The lowest BCUT2D eigenvalue weighted by Gasteiger charge is -2.30. The molecule has 0 saturated carbocycles. The number of carboxylic acid groups (broad SMARTS) is 1. The third-order valence-corrected chi connectivity index (χ3v) is 6.99. The Morgan fingerprint density at radius 2 is 1.38 bits per heavy atom. The summed E-state index contributed by atoms with van der Waals surface area (Å²) in [6, 6.07) is 14.6. The molecular weight excluding hydrogens is 536 g/mol. The fourth-order valence-electron chi connectivity index (χ4n) is 4.64. The van der Waals surface area contributed by atoms with Gasteiger partial charge in [-0.1, -0.05) is 74.5 Å². The van der Waals surface area contributed by atoms with Gasteiger partial charge in [-0.2, -0.15) is 0 Å². The molecule has 0 aliphatic rings. The molecule has 0 saturated heterocycles. The van der Waals surface area contributed by atoms with E-state index < -0.39 is 48.0 Å². The minimum absolute atomic E-state index is 0.0195. The number of nitrogens with one attached hydrogen (secondary N) is 3. The lowest BCUT2D eigenvalue weighted by atomic mass is 10.0. The number of unbranched alkanes of at least 4 members (excludes halogenated alkanes) is 1. The van der Waals surface area contributed by atoms with Crippen LogP contribution in [0.4, 0.5) is 4.79 Å². The molecule has 8 N–H and O–H groups in total. The molecule has 1 unspecified atom stereocenters. The SMILES string of the molecule is CC(C)C[C@@H](NC(=O)[C@@H](Cc1ccccc1)NC(=O)N(C)C(CN)c1ccccc1)C(=O)N[C@H](CCCCN)C(=O)O. The van der Waals surface area contributed by atoms with Gasteiger partial charge in [-0.3, -0.25) is 9.59 Å². The van der Waals surface area contributed by atoms with E-state index in [2.05, 4.69) is 16.0 Å². The maximum Gasteiger partial charge on any atom is 0.326 e. The summed E-state index contributed by atoms with van der Waals surface area (Å²) in [7, 11) is 1.61. The first-order valence-electron chi connectivity index (χ1n) is 14.4. The van der Waals surface area contributed by atoms with Crippen molar-refractivity contribution in [2.45, 2.75) is 70.1 Å². The van der Waals surface area contributed by atoms with Gasteiger partial charge in [0.05, 0.1) is 6.04 Å². The second-order valence-corrected chi connectivity index (χ2v) is 10.8. The van der Waals surface area contributed by atoms with Crippen molar-refractivity contribution < 1.29 is 24.3 Å². The topological polar surface area (TPSA) is 180 Å². The van der Waals surface area contributed by atoms with E-state index in [0.29, 0.717) is 19.4 Å². The van der Waals surface area contributed by atoms with Crippen molar-refractivity contribution in [3.05, 3.63) is 71.8 Å². The van der Waals surface area contributed by atoms with Gasteiger partial charge in [0, 0.05) is 20.0 Å². The largest absolute Gasteiger partial charge is 0.480 e. The third kappa shape index (κ3) is 11.1. The van der Waals surface area contributed by atoms with Crippen LogP contribution in [0.1, 0.15) is 56.7 Å². The fourth-order valence-corrected chi connectivity index (χ4v) is 4.64. The van der Waals surface area contributed by atoms with Crippen LogP contribution in [0.2, 0.25) is 0 Å². The van der Waals surface area contributed by atoms with Crippen molar-refractivity contribution in [1.29, 1.82) is 0 Å². The summed E-state index contributed by atoms with van der Waals surface area (Å²) in [5, 5.41) is 17.8. The number of likely N-dealkylation sites (N-methyl/N-ethyl adjacent to an activating group) is 1. The molecule has 42 heavy (non-hydrogen) atoms. The predicted octanol–water partition coefficient (Wildman–Crippen LogP) is 2.17. The Balaban J connectivity index is 2.25. The van der Waals surface area contributed by atoms with Crippen molar-refractivity contribution in [2.75, 3.05) is 20.1 Å². The smallest absolute Gasteiger partial charge is 0.326 e. The van der Waals surface area contributed by atoms with Crippen LogP contribution in [0.5, 0.6) is 0 Å². The number of nitrogens with two attached hydrogens (primary N) is 2. The summed E-state index contributed by atoms with van der Waals surface area (Å²) < 4.78 is 0. The first-order valence-corrected chi connectivity index (χ1v) is 14.4. The number of hydrogen-bond acceptors (Lipinski definition) is 6. The molecule has 2 rings (SSSR count). The molecular formula is C31H46N6O5. The average molecular weight is 583 g/mol. The van der Waals surface area contributed by atoms with Crippen LogP contribution in [0.15, 0.2) is 60.7 Å². The van der Waals surface area contributed by atoms with E-state index in [-0.39, 0.29) is 31.7 Å². The van der Waals surface area contributed by atoms with Gasteiger partial charge < -0.3 is 37.4 Å². The highest BCUT2D eigenvalue weighted by molar-refractivity contribution is 5.93. The number of aliphatic carboxylic acids is 1. The van der Waals surface area contributed by atoms with Gasteiger partial charge in [-0.15, -0.1) is 0 Å². The monoisotopic (exact) mass is 582 g/mol. The Labute approximate surface area is 248 Å². The van der Waals surface area contributed by atoms with Gasteiger partial charge in [0.25, 0.3) is 0 Å². The predicted molar refractivity (Wildman–Crippen MR) is 162 cm³/mol. The lowest BCUT2D eigenvalue weighted by molar-refractivity contribution is -0.142. The molecule has 0 spiro atoms. The molecule has 11 nitrogen and oxygen atoms in total. The van der Waals surface area contributed by atoms with Crippen LogP contribution in [0.25, 0.3) is 0 Å². The first-order chi connectivity index (χ1) is 20.1. The molecule has 0 aliphatic heterocycles. The third-order valence-electron chi connectivity index (χ3n) is 6.99. The number of amides is 4. The van der Waals surface area contributed by atoms with Gasteiger partial charge in [-0.25, -0.2) is 9.59 Å². The number of carbonyl (C=O) groups is 4. The zero-order valence-corrected chi connectivity index (χ0v) is 24.8. The number of hydrogen-bond donors (Lipinski definition) is 6. The normalized spacial score (nSPS) is 13.9. The van der Waals surface area contributed by atoms with E-state index in [0.717, 1.165) is 11.1 Å². The first kappa shape index (κ1) is 34.2. The molecule has 4 amide bonds. The molecule has 11 heteroatoms. The molecule has 0 bridgehead atoms. The van der Waals surface area contributed by atoms with E-state index in [4.69, 9.17) is 11.5 Å². The van der Waals surface area contributed by atoms with Crippen molar-refractivity contribution >= 4 is 23.8 Å². The van der Waals surface area contributed by atoms with E-state index in [1.807, 2.05) is 74.5 Å². The van der Waals surface area contributed by atoms with Crippen LogP contribution in [-0.4, -0.2) is 72.1 Å². The Morgan fingerprint density at radius 3 is 1.93 bits per heavy atom. The molecule has 2 aromatic rings. The van der Waals surface area contributed by atoms with Crippen molar-refractivity contribution in [3.8, 4) is 0 Å². The summed E-state index contributed by atoms with van der Waals surface area (Å²) in [6.45, 7) is 4.40. The molecule has 0 aromatic heterocycles. The van der Waals surface area contributed by atoms with E-state index in [1.165, 1.54) is 4.90 Å². The number of nitrogens with zero attached hydrogens (tertiary/aromatic N) is 1. The van der Waals surface area contributed by atoms with Crippen molar-refractivity contribution in [3.63, 3.8) is 0 Å². The van der Waals surface area contributed by atoms with E-state index >= 15 is 0 Å². The quantitative estimate of drug-likeness (QED) is 0.155. The highest BCUT2D eigenvalue weighted by atomic mass is 16.4. The Kier molecular flexibility index (Phi) is 14.5. The fraction of sp³-hybridized carbons (Fsp3) is 0.484.